The Morgan fingerprint density at radius 3 is 2.72 bits per heavy atom. The molecule has 7 heteroatoms. The van der Waals surface area contributed by atoms with Crippen LogP contribution in [0.25, 0.3) is 0 Å². The summed E-state index contributed by atoms with van der Waals surface area (Å²) in [5.41, 5.74) is 0.585. The molecule has 0 aliphatic carbocycles. The lowest BCUT2D eigenvalue weighted by Crippen LogP contribution is -2.23. The van der Waals surface area contributed by atoms with Gasteiger partial charge in [-0.25, -0.2) is 0 Å². The van der Waals surface area contributed by atoms with Crippen LogP contribution in [0.4, 0.5) is 5.69 Å². The van der Waals surface area contributed by atoms with E-state index < -0.39 is 10.9 Å². The fourth-order valence-electron chi connectivity index (χ4n) is 1.37. The molecule has 0 aliphatic rings. The molecule has 1 aromatic carbocycles. The summed E-state index contributed by atoms with van der Waals surface area (Å²) < 4.78 is 9.34. The molecule has 1 aromatic rings. The van der Waals surface area contributed by atoms with Gasteiger partial charge < -0.3 is 14.8 Å². The molecule has 1 rings (SSSR count). The largest absolute Gasteiger partial charge is 0.490 e. The summed E-state index contributed by atoms with van der Waals surface area (Å²) in [5, 5.41) is 13.6. The number of nitrogens with one attached hydrogen (secondary N) is 1. The van der Waals surface area contributed by atoms with Gasteiger partial charge in [-0.05, 0) is 11.6 Å². The molecule has 0 amide bonds. The summed E-state index contributed by atoms with van der Waals surface area (Å²) >= 11 is 0. The summed E-state index contributed by atoms with van der Waals surface area (Å²) in [4.78, 5) is 21.1. The lowest BCUT2D eigenvalue weighted by atomic mass is 10.2. The first kappa shape index (κ1) is 13.9. The number of rotatable bonds is 6. The van der Waals surface area contributed by atoms with E-state index in [4.69, 9.17) is 4.74 Å². The number of nitrogens with zero attached hydrogens (tertiary/aromatic N) is 1. The van der Waals surface area contributed by atoms with Crippen LogP contribution in [0.5, 0.6) is 5.75 Å². The highest BCUT2D eigenvalue weighted by Gasteiger charge is 2.14. The average molecular weight is 254 g/mol. The van der Waals surface area contributed by atoms with Gasteiger partial charge in [0.1, 0.15) is 0 Å². The van der Waals surface area contributed by atoms with Gasteiger partial charge in [-0.15, -0.1) is 0 Å². The van der Waals surface area contributed by atoms with E-state index in [1.807, 2.05) is 0 Å². The van der Waals surface area contributed by atoms with Gasteiger partial charge in [-0.1, -0.05) is 6.07 Å². The van der Waals surface area contributed by atoms with Gasteiger partial charge in [-0.3, -0.25) is 14.9 Å². The number of benzene rings is 1. The molecule has 0 saturated carbocycles. The zero-order valence-corrected chi connectivity index (χ0v) is 10.1. The van der Waals surface area contributed by atoms with Gasteiger partial charge in [0.25, 0.3) is 0 Å². The topological polar surface area (TPSA) is 90.7 Å². The smallest absolute Gasteiger partial charge is 0.319 e. The van der Waals surface area contributed by atoms with Crippen LogP contribution in [0.1, 0.15) is 5.56 Å². The lowest BCUT2D eigenvalue weighted by molar-refractivity contribution is -0.385. The molecule has 18 heavy (non-hydrogen) atoms. The third-order valence-corrected chi connectivity index (χ3v) is 2.27. The fourth-order valence-corrected chi connectivity index (χ4v) is 1.37. The second-order valence-corrected chi connectivity index (χ2v) is 3.44. The number of hydrogen-bond donors (Lipinski definition) is 1. The SMILES string of the molecule is COC(=O)CNCc1ccc(OC)c([N+](=O)[O-])c1. The van der Waals surface area contributed by atoms with E-state index in [-0.39, 0.29) is 18.0 Å². The Balaban J connectivity index is 2.70. The number of carbonyl (C=O) groups is 1. The van der Waals surface area contributed by atoms with Crippen molar-refractivity contribution in [3.8, 4) is 5.75 Å². The zero-order valence-electron chi connectivity index (χ0n) is 10.1. The van der Waals surface area contributed by atoms with Crippen LogP contribution in [0.15, 0.2) is 18.2 Å². The molecule has 0 bridgehead atoms. The van der Waals surface area contributed by atoms with Gasteiger partial charge in [-0.2, -0.15) is 0 Å². The third kappa shape index (κ3) is 3.70. The fraction of sp³-hybridized carbons (Fsp3) is 0.364. The molecule has 0 unspecified atom stereocenters. The van der Waals surface area contributed by atoms with Gasteiger partial charge in [0, 0.05) is 12.6 Å². The van der Waals surface area contributed by atoms with Gasteiger partial charge in [0.05, 0.1) is 25.7 Å². The van der Waals surface area contributed by atoms with Crippen LogP contribution in [0, 0.1) is 10.1 Å². The highest BCUT2D eigenvalue weighted by Crippen LogP contribution is 2.27. The van der Waals surface area contributed by atoms with E-state index in [2.05, 4.69) is 10.1 Å². The summed E-state index contributed by atoms with van der Waals surface area (Å²) in [6.45, 7) is 0.385. The lowest BCUT2D eigenvalue weighted by Gasteiger charge is -2.06. The minimum Gasteiger partial charge on any atom is -0.490 e. The Labute approximate surface area is 104 Å². The predicted molar refractivity (Wildman–Crippen MR) is 63.4 cm³/mol. The maximum absolute atomic E-state index is 10.9. The normalized spacial score (nSPS) is 9.89. The maximum atomic E-state index is 10.9. The molecule has 0 radical (unpaired) electrons. The van der Waals surface area contributed by atoms with E-state index in [0.717, 1.165) is 0 Å². The maximum Gasteiger partial charge on any atom is 0.319 e. The first-order chi connectivity index (χ1) is 8.58. The van der Waals surface area contributed by atoms with Crippen LogP contribution in [-0.2, 0) is 16.1 Å². The summed E-state index contributed by atoms with van der Waals surface area (Å²) in [7, 11) is 2.67. The van der Waals surface area contributed by atoms with Gasteiger partial charge >= 0.3 is 11.7 Å². The van der Waals surface area contributed by atoms with Crippen LogP contribution in [0.3, 0.4) is 0 Å². The molecule has 0 heterocycles. The number of hydrogen-bond acceptors (Lipinski definition) is 6. The van der Waals surface area contributed by atoms with E-state index in [0.29, 0.717) is 12.1 Å². The molecular weight excluding hydrogens is 240 g/mol. The first-order valence-electron chi connectivity index (χ1n) is 5.17. The molecule has 98 valence electrons. The molecule has 0 aromatic heterocycles. The quantitative estimate of drug-likeness (QED) is 0.460. The second-order valence-electron chi connectivity index (χ2n) is 3.44. The molecule has 0 atom stereocenters. The summed E-state index contributed by atoms with van der Waals surface area (Å²) in [6.07, 6.45) is 0. The summed E-state index contributed by atoms with van der Waals surface area (Å²) in [6, 6.07) is 4.62. The Morgan fingerprint density at radius 1 is 1.44 bits per heavy atom. The van der Waals surface area contributed by atoms with Crippen molar-refractivity contribution in [1.82, 2.24) is 5.32 Å². The Morgan fingerprint density at radius 2 is 2.17 bits per heavy atom. The minimum absolute atomic E-state index is 0.0519. The van der Waals surface area contributed by atoms with Crippen LogP contribution in [0.2, 0.25) is 0 Å². The average Bonchev–Trinajstić information content (AvgIpc) is 2.38. The molecule has 1 N–H and O–H groups in total. The number of ether oxygens (including phenoxy) is 2. The van der Waals surface area contributed by atoms with Crippen LogP contribution >= 0.6 is 0 Å². The molecule has 0 fully saturated rings. The predicted octanol–water partition coefficient (Wildman–Crippen LogP) is 0.866. The zero-order chi connectivity index (χ0) is 13.5. The Bertz CT molecular complexity index is 447. The number of esters is 1. The van der Waals surface area contributed by atoms with Crippen molar-refractivity contribution < 1.29 is 19.2 Å². The number of methoxy groups -OCH3 is 2. The molecule has 0 saturated heterocycles. The van der Waals surface area contributed by atoms with Crippen molar-refractivity contribution in [3.63, 3.8) is 0 Å². The van der Waals surface area contributed by atoms with Gasteiger partial charge in [0.2, 0.25) is 0 Å². The molecule has 0 spiro atoms. The number of nitro benzene ring substituents is 1. The van der Waals surface area contributed by atoms with E-state index in [1.54, 1.807) is 6.07 Å². The van der Waals surface area contributed by atoms with Crippen LogP contribution < -0.4 is 10.1 Å². The monoisotopic (exact) mass is 254 g/mol. The van der Waals surface area contributed by atoms with Crippen molar-refractivity contribution in [2.24, 2.45) is 0 Å². The number of nitro groups is 1. The van der Waals surface area contributed by atoms with Crippen molar-refractivity contribution in [1.29, 1.82) is 0 Å². The standard InChI is InChI=1S/C11H14N2O5/c1-17-10-4-3-8(5-9(10)13(15)16)6-12-7-11(14)18-2/h3-5,12H,6-7H2,1-2H3. The molecular formula is C11H14N2O5. The minimum atomic E-state index is -0.511. The van der Waals surface area contributed by atoms with Crippen LogP contribution in [-0.4, -0.2) is 31.7 Å². The van der Waals surface area contributed by atoms with Crippen molar-refractivity contribution in [2.75, 3.05) is 20.8 Å². The number of carbonyl (C=O) groups excluding carboxylic acids is 1. The first-order valence-corrected chi connectivity index (χ1v) is 5.17. The van der Waals surface area contributed by atoms with E-state index >= 15 is 0 Å². The molecule has 7 nitrogen and oxygen atoms in total. The molecule has 0 aliphatic heterocycles. The Hall–Kier alpha value is -2.15. The van der Waals surface area contributed by atoms with E-state index in [9.17, 15) is 14.9 Å². The highest BCUT2D eigenvalue weighted by atomic mass is 16.6. The Kier molecular flexibility index (Phi) is 5.06. The second kappa shape index (κ2) is 6.55. The highest BCUT2D eigenvalue weighted by molar-refractivity contribution is 5.71. The van der Waals surface area contributed by atoms with Crippen molar-refractivity contribution in [3.05, 3.63) is 33.9 Å². The van der Waals surface area contributed by atoms with Crippen molar-refractivity contribution in [2.45, 2.75) is 6.54 Å². The van der Waals surface area contributed by atoms with E-state index in [1.165, 1.54) is 26.4 Å². The van der Waals surface area contributed by atoms with Crippen molar-refractivity contribution >= 4 is 11.7 Å². The van der Waals surface area contributed by atoms with Gasteiger partial charge in [0.15, 0.2) is 5.75 Å². The summed E-state index contributed by atoms with van der Waals surface area (Å²) in [5.74, 6) is -0.185. The third-order valence-electron chi connectivity index (χ3n) is 2.27.